The standard InChI is InChI=1S/C46H79NO7Si/c1-12-55(13-2,14-3)54-40-38-37(29(4)26-32(52-38)39(42(8,9)49)51-30(5)48)43(10)22-23-46-28-45(46)21-20-35(41(6,7)33(45)18-19-34(46)44(40,43)11)53-36-27-47(24-25-50-36)31-16-15-17-31/h29,31-40,49H,12-28H2,1-11H3/t29-,32-,33+,34+,35+,36+,37+,38+,39+,40+,43-,44-,45-,46?/m1/s1. The molecule has 2 aliphatic heterocycles. The van der Waals surface area contributed by atoms with Crippen LogP contribution in [0.2, 0.25) is 18.1 Å². The SMILES string of the molecule is CC[Si](CC)(CC)O[C@H]1[C@H]2O[C@@H]([C@H](OC(C)=O)C(C)(C)O)C[C@@H](C)[C@@H]2[C@@]2(C)CCC34C[C@@]35CC[C@H](O[C@H]3CN(C6CCC6)CCO3)C(C)(C)[C@@H]5CC[C@H]4[C@]12C. The van der Waals surface area contributed by atoms with Crippen LogP contribution in [0.25, 0.3) is 0 Å². The van der Waals surface area contributed by atoms with Gasteiger partial charge in [-0.1, -0.05) is 61.8 Å². The van der Waals surface area contributed by atoms with Gasteiger partial charge in [0.1, 0.15) is 0 Å². The van der Waals surface area contributed by atoms with Gasteiger partial charge in [0.25, 0.3) is 0 Å². The number of hydrogen-bond acceptors (Lipinski definition) is 8. The predicted molar refractivity (Wildman–Crippen MR) is 218 cm³/mol. The number of morpholine rings is 1. The van der Waals surface area contributed by atoms with Gasteiger partial charge in [-0.15, -0.1) is 0 Å². The Bertz CT molecular complexity index is 1430. The van der Waals surface area contributed by atoms with Crippen LogP contribution in [0.5, 0.6) is 0 Å². The molecule has 2 heterocycles. The highest BCUT2D eigenvalue weighted by Crippen LogP contribution is 2.89. The van der Waals surface area contributed by atoms with Gasteiger partial charge in [-0.05, 0) is 142 Å². The summed E-state index contributed by atoms with van der Waals surface area (Å²) in [6, 6.07) is 4.07. The number of esters is 1. The third-order valence-corrected chi connectivity index (χ3v) is 24.0. The minimum absolute atomic E-state index is 0.00910. The van der Waals surface area contributed by atoms with Gasteiger partial charge in [0.2, 0.25) is 0 Å². The molecule has 314 valence electrons. The fourth-order valence-electron chi connectivity index (χ4n) is 16.0. The molecule has 0 radical (unpaired) electrons. The Labute approximate surface area is 335 Å². The van der Waals surface area contributed by atoms with E-state index >= 15 is 0 Å². The highest BCUT2D eigenvalue weighted by Gasteiger charge is 2.85. The molecular weight excluding hydrogens is 707 g/mol. The number of nitrogens with zero attached hydrogens (tertiary/aromatic N) is 1. The van der Waals surface area contributed by atoms with Gasteiger partial charge >= 0.3 is 5.97 Å². The minimum Gasteiger partial charge on any atom is -0.457 e. The monoisotopic (exact) mass is 786 g/mol. The minimum atomic E-state index is -2.06. The predicted octanol–water partition coefficient (Wildman–Crippen LogP) is 9.13. The van der Waals surface area contributed by atoms with Gasteiger partial charge in [-0.2, -0.15) is 0 Å². The average molecular weight is 786 g/mol. The molecule has 8 nitrogen and oxygen atoms in total. The Kier molecular flexibility index (Phi) is 10.5. The van der Waals surface area contributed by atoms with Gasteiger partial charge in [0.05, 0.1) is 36.6 Å². The van der Waals surface area contributed by atoms with Gasteiger partial charge < -0.3 is 28.5 Å². The summed E-state index contributed by atoms with van der Waals surface area (Å²) in [6.07, 6.45) is 12.6. The lowest BCUT2D eigenvalue weighted by atomic mass is 9.41. The second-order valence-corrected chi connectivity index (χ2v) is 26.8. The smallest absolute Gasteiger partial charge is 0.303 e. The molecule has 8 aliphatic rings. The van der Waals surface area contributed by atoms with Crippen LogP contribution in [0.15, 0.2) is 0 Å². The number of aliphatic hydroxyl groups is 1. The fourth-order valence-corrected chi connectivity index (χ4v) is 18.9. The van der Waals surface area contributed by atoms with Crippen molar-refractivity contribution in [3.05, 3.63) is 0 Å². The van der Waals surface area contributed by atoms with Gasteiger partial charge in [-0.25, -0.2) is 0 Å². The zero-order valence-electron chi connectivity index (χ0n) is 36.7. The maximum absolute atomic E-state index is 12.4. The largest absolute Gasteiger partial charge is 0.457 e. The molecule has 8 fully saturated rings. The van der Waals surface area contributed by atoms with E-state index in [1.54, 1.807) is 13.8 Å². The van der Waals surface area contributed by atoms with Crippen LogP contribution in [0, 0.1) is 50.7 Å². The second-order valence-electron chi connectivity index (χ2n) is 22.1. The van der Waals surface area contributed by atoms with Crippen molar-refractivity contribution < 1.29 is 33.3 Å². The molecule has 0 bridgehead atoms. The van der Waals surface area contributed by atoms with Crippen molar-refractivity contribution in [3.63, 3.8) is 0 Å². The summed E-state index contributed by atoms with van der Waals surface area (Å²) < 4.78 is 34.6. The van der Waals surface area contributed by atoms with E-state index < -0.39 is 20.0 Å². The third kappa shape index (κ3) is 6.01. The zero-order chi connectivity index (χ0) is 39.6. The van der Waals surface area contributed by atoms with Crippen molar-refractivity contribution in [2.45, 2.75) is 213 Å². The molecule has 2 spiro atoms. The van der Waals surface area contributed by atoms with Crippen molar-refractivity contribution in [2.24, 2.45) is 50.7 Å². The summed E-state index contributed by atoms with van der Waals surface area (Å²) in [7, 11) is -2.06. The van der Waals surface area contributed by atoms with E-state index in [9.17, 15) is 9.90 Å². The summed E-state index contributed by atoms with van der Waals surface area (Å²) in [4.78, 5) is 15.1. The van der Waals surface area contributed by atoms with E-state index in [1.165, 1.54) is 64.7 Å². The van der Waals surface area contributed by atoms with E-state index in [4.69, 9.17) is 23.4 Å². The van der Waals surface area contributed by atoms with E-state index in [2.05, 4.69) is 60.3 Å². The lowest BCUT2D eigenvalue weighted by Crippen LogP contribution is -2.61. The number of hydrogen-bond donors (Lipinski definition) is 1. The van der Waals surface area contributed by atoms with E-state index in [0.29, 0.717) is 34.5 Å². The molecule has 0 aromatic carbocycles. The summed E-state index contributed by atoms with van der Waals surface area (Å²) in [5.74, 6) is 1.59. The lowest BCUT2D eigenvalue weighted by molar-refractivity contribution is -0.252. The van der Waals surface area contributed by atoms with Crippen molar-refractivity contribution in [1.82, 2.24) is 4.90 Å². The Morgan fingerprint density at radius 2 is 1.64 bits per heavy atom. The molecule has 55 heavy (non-hydrogen) atoms. The van der Waals surface area contributed by atoms with Crippen molar-refractivity contribution in [3.8, 4) is 0 Å². The Hall–Kier alpha value is -0.553. The van der Waals surface area contributed by atoms with Crippen molar-refractivity contribution in [2.75, 3.05) is 19.7 Å². The number of carbonyl (C=O) groups excluding carboxylic acids is 1. The first-order valence-electron chi connectivity index (χ1n) is 23.1. The Morgan fingerprint density at radius 3 is 2.25 bits per heavy atom. The van der Waals surface area contributed by atoms with Crippen LogP contribution in [-0.2, 0) is 28.2 Å². The summed E-state index contributed by atoms with van der Waals surface area (Å²) in [6.45, 7) is 27.7. The Morgan fingerprint density at radius 1 is 0.964 bits per heavy atom. The van der Waals surface area contributed by atoms with Crippen LogP contribution < -0.4 is 0 Å². The molecule has 6 aliphatic carbocycles. The number of rotatable bonds is 11. The molecule has 0 amide bonds. The van der Waals surface area contributed by atoms with Gasteiger partial charge in [-0.3, -0.25) is 9.69 Å². The first kappa shape index (κ1) is 41.2. The van der Waals surface area contributed by atoms with Gasteiger partial charge in [0, 0.05) is 31.5 Å². The van der Waals surface area contributed by atoms with Crippen LogP contribution in [-0.4, -0.2) is 92.4 Å². The lowest BCUT2D eigenvalue weighted by Gasteiger charge is -2.64. The summed E-state index contributed by atoms with van der Waals surface area (Å²) >= 11 is 0. The molecule has 9 heteroatoms. The summed E-state index contributed by atoms with van der Waals surface area (Å²) in [5, 5.41) is 11.4. The summed E-state index contributed by atoms with van der Waals surface area (Å²) in [5.41, 5.74) is -0.378. The van der Waals surface area contributed by atoms with Crippen LogP contribution >= 0.6 is 0 Å². The zero-order valence-corrected chi connectivity index (χ0v) is 37.7. The molecule has 8 rings (SSSR count). The quantitative estimate of drug-likeness (QED) is 0.164. The maximum Gasteiger partial charge on any atom is 0.303 e. The van der Waals surface area contributed by atoms with E-state index in [1.807, 2.05) is 0 Å². The normalized spacial score (nSPS) is 47.3. The average Bonchev–Trinajstić information content (AvgIpc) is 3.73. The Balaban J connectivity index is 1.11. The molecule has 6 saturated carbocycles. The maximum atomic E-state index is 12.4. The highest BCUT2D eigenvalue weighted by molar-refractivity contribution is 6.73. The number of ether oxygens (including phenoxy) is 4. The number of carbonyl (C=O) groups is 1. The molecule has 1 N–H and O–H groups in total. The first-order valence-corrected chi connectivity index (χ1v) is 25.6. The van der Waals surface area contributed by atoms with E-state index in [-0.39, 0.29) is 52.9 Å². The molecular formula is C46H79NO7Si. The van der Waals surface area contributed by atoms with Gasteiger partial charge in [0.15, 0.2) is 20.7 Å². The first-order chi connectivity index (χ1) is 25.9. The third-order valence-electron chi connectivity index (χ3n) is 19.3. The van der Waals surface area contributed by atoms with Crippen LogP contribution in [0.4, 0.5) is 0 Å². The van der Waals surface area contributed by atoms with E-state index in [0.717, 1.165) is 56.7 Å². The number of fused-ring (bicyclic) bond motifs is 4. The van der Waals surface area contributed by atoms with Crippen molar-refractivity contribution in [1.29, 1.82) is 0 Å². The molecule has 1 unspecified atom stereocenters. The second kappa shape index (κ2) is 14.0. The molecule has 0 aromatic heterocycles. The molecule has 0 aromatic rings. The topological polar surface area (TPSA) is 86.7 Å². The van der Waals surface area contributed by atoms with Crippen LogP contribution in [0.1, 0.15) is 147 Å². The van der Waals surface area contributed by atoms with Crippen LogP contribution in [0.3, 0.4) is 0 Å². The molecule has 2 saturated heterocycles. The molecule has 14 atom stereocenters. The highest BCUT2D eigenvalue weighted by atomic mass is 28.4. The fraction of sp³-hybridized carbons (Fsp3) is 0.978. The van der Waals surface area contributed by atoms with Crippen molar-refractivity contribution >= 4 is 14.3 Å².